The summed E-state index contributed by atoms with van der Waals surface area (Å²) in [6.45, 7) is 2.13. The Morgan fingerprint density at radius 3 is 2.13 bits per heavy atom. The number of azo groups is 1. The Hall–Kier alpha value is -4.00. The second-order valence-corrected chi connectivity index (χ2v) is 6.55. The summed E-state index contributed by atoms with van der Waals surface area (Å²) in [5.74, 6) is -0.152. The fraction of sp³-hybridized carbons (Fsp3) is 0.167. The number of ether oxygens (including phenoxy) is 2. The summed E-state index contributed by atoms with van der Waals surface area (Å²) in [6.07, 6.45) is 0.0841. The largest absolute Gasteiger partial charge is 0.494 e. The fourth-order valence-corrected chi connectivity index (χ4v) is 2.65. The first kappa shape index (κ1) is 21.7. The van der Waals surface area contributed by atoms with Gasteiger partial charge in [0.15, 0.2) is 6.61 Å². The number of hydrogen-bond donors (Lipinski definition) is 1. The van der Waals surface area contributed by atoms with Gasteiger partial charge in [-0.2, -0.15) is 10.2 Å². The first-order valence-electron chi connectivity index (χ1n) is 9.86. The van der Waals surface area contributed by atoms with Gasteiger partial charge in [0.1, 0.15) is 5.75 Å². The van der Waals surface area contributed by atoms with Crippen molar-refractivity contribution in [3.05, 3.63) is 84.4 Å². The van der Waals surface area contributed by atoms with Crippen LogP contribution in [0.3, 0.4) is 0 Å². The molecule has 0 aliphatic rings. The number of esters is 1. The Morgan fingerprint density at radius 1 is 0.839 bits per heavy atom. The van der Waals surface area contributed by atoms with E-state index in [0.29, 0.717) is 18.0 Å². The molecule has 0 atom stereocenters. The van der Waals surface area contributed by atoms with Crippen LogP contribution >= 0.6 is 0 Å². The van der Waals surface area contributed by atoms with Crippen molar-refractivity contribution < 1.29 is 19.1 Å². The van der Waals surface area contributed by atoms with E-state index in [1.54, 1.807) is 48.5 Å². The molecule has 31 heavy (non-hydrogen) atoms. The summed E-state index contributed by atoms with van der Waals surface area (Å²) in [7, 11) is 0. The van der Waals surface area contributed by atoms with Crippen molar-refractivity contribution in [2.75, 3.05) is 18.5 Å². The van der Waals surface area contributed by atoms with E-state index in [0.717, 1.165) is 17.0 Å². The molecule has 158 valence electrons. The van der Waals surface area contributed by atoms with Crippen molar-refractivity contribution in [3.8, 4) is 5.75 Å². The molecule has 0 aliphatic carbocycles. The molecule has 1 amide bonds. The summed E-state index contributed by atoms with van der Waals surface area (Å²) in [6, 6.07) is 23.5. The van der Waals surface area contributed by atoms with Crippen LogP contribution in [0.5, 0.6) is 5.75 Å². The molecule has 0 spiro atoms. The van der Waals surface area contributed by atoms with E-state index in [-0.39, 0.29) is 13.0 Å². The number of amides is 1. The lowest BCUT2D eigenvalue weighted by Gasteiger charge is -2.07. The SMILES string of the molecule is CCOc1ccc(CC(=O)OCC(=O)Nc2ccc(N=Nc3ccccc3)cc2)cc1. The second kappa shape index (κ2) is 11.3. The summed E-state index contributed by atoms with van der Waals surface area (Å²) < 4.78 is 10.4. The molecule has 0 saturated carbocycles. The zero-order valence-electron chi connectivity index (χ0n) is 17.2. The molecule has 0 unspecified atom stereocenters. The zero-order chi connectivity index (χ0) is 21.9. The van der Waals surface area contributed by atoms with Crippen LogP contribution in [0.1, 0.15) is 12.5 Å². The highest BCUT2D eigenvalue weighted by atomic mass is 16.5. The molecule has 0 aromatic heterocycles. The van der Waals surface area contributed by atoms with Gasteiger partial charge < -0.3 is 14.8 Å². The first-order chi connectivity index (χ1) is 15.1. The van der Waals surface area contributed by atoms with E-state index in [4.69, 9.17) is 9.47 Å². The second-order valence-electron chi connectivity index (χ2n) is 6.55. The highest BCUT2D eigenvalue weighted by molar-refractivity contribution is 5.93. The van der Waals surface area contributed by atoms with E-state index < -0.39 is 11.9 Å². The maximum absolute atomic E-state index is 12.0. The third kappa shape index (κ3) is 7.40. The Kier molecular flexibility index (Phi) is 7.88. The third-order valence-corrected chi connectivity index (χ3v) is 4.14. The number of rotatable bonds is 9. The molecule has 3 aromatic rings. The minimum Gasteiger partial charge on any atom is -0.494 e. The van der Waals surface area contributed by atoms with Crippen molar-refractivity contribution in [2.45, 2.75) is 13.3 Å². The van der Waals surface area contributed by atoms with Crippen LogP contribution in [0.4, 0.5) is 17.1 Å². The van der Waals surface area contributed by atoms with Gasteiger partial charge in [0, 0.05) is 5.69 Å². The van der Waals surface area contributed by atoms with Crippen LogP contribution in [0.25, 0.3) is 0 Å². The van der Waals surface area contributed by atoms with E-state index in [9.17, 15) is 9.59 Å². The van der Waals surface area contributed by atoms with Crippen molar-refractivity contribution in [3.63, 3.8) is 0 Å². The number of anilines is 1. The molecule has 0 bridgehead atoms. The van der Waals surface area contributed by atoms with Gasteiger partial charge in [-0.1, -0.05) is 30.3 Å². The monoisotopic (exact) mass is 417 g/mol. The molecule has 0 saturated heterocycles. The van der Waals surface area contributed by atoms with E-state index in [2.05, 4.69) is 15.5 Å². The van der Waals surface area contributed by atoms with Crippen LogP contribution in [-0.4, -0.2) is 25.1 Å². The predicted octanol–water partition coefficient (Wildman–Crippen LogP) is 5.23. The number of carbonyl (C=O) groups excluding carboxylic acids is 2. The van der Waals surface area contributed by atoms with E-state index in [1.807, 2.05) is 37.3 Å². The van der Waals surface area contributed by atoms with Gasteiger partial charge in [-0.05, 0) is 61.0 Å². The maximum Gasteiger partial charge on any atom is 0.310 e. The fourth-order valence-electron chi connectivity index (χ4n) is 2.65. The van der Waals surface area contributed by atoms with Gasteiger partial charge in [0.2, 0.25) is 0 Å². The molecule has 7 nitrogen and oxygen atoms in total. The summed E-state index contributed by atoms with van der Waals surface area (Å²) >= 11 is 0. The Labute approximate surface area is 180 Å². The zero-order valence-corrected chi connectivity index (χ0v) is 17.2. The van der Waals surface area contributed by atoms with Gasteiger partial charge in [0.05, 0.1) is 24.4 Å². The van der Waals surface area contributed by atoms with Gasteiger partial charge >= 0.3 is 5.97 Å². The molecule has 0 radical (unpaired) electrons. The standard InChI is InChI=1S/C24H23N3O4/c1-2-30-22-14-8-18(9-15-22)16-24(29)31-17-23(28)25-19-10-12-21(13-11-19)27-26-20-6-4-3-5-7-20/h3-15H,2,16-17H2,1H3,(H,25,28). The number of nitrogens with one attached hydrogen (secondary N) is 1. The Morgan fingerprint density at radius 2 is 1.48 bits per heavy atom. The number of benzene rings is 3. The van der Waals surface area contributed by atoms with Gasteiger partial charge in [0.25, 0.3) is 5.91 Å². The Bertz CT molecular complexity index is 1020. The van der Waals surface area contributed by atoms with Crippen LogP contribution in [0.2, 0.25) is 0 Å². The summed E-state index contributed by atoms with van der Waals surface area (Å²) in [5.41, 5.74) is 2.77. The van der Waals surface area contributed by atoms with E-state index in [1.165, 1.54) is 0 Å². The van der Waals surface area contributed by atoms with Crippen molar-refractivity contribution in [1.29, 1.82) is 0 Å². The maximum atomic E-state index is 12.0. The van der Waals surface area contributed by atoms with Gasteiger partial charge in [-0.3, -0.25) is 9.59 Å². The highest BCUT2D eigenvalue weighted by Crippen LogP contribution is 2.20. The molecule has 0 heterocycles. The third-order valence-electron chi connectivity index (χ3n) is 4.14. The Balaban J connectivity index is 1.42. The van der Waals surface area contributed by atoms with Gasteiger partial charge in [-0.15, -0.1) is 0 Å². The average molecular weight is 417 g/mol. The summed E-state index contributed by atoms with van der Waals surface area (Å²) in [5, 5.41) is 11.0. The lowest BCUT2D eigenvalue weighted by Crippen LogP contribution is -2.21. The molecule has 0 fully saturated rings. The lowest BCUT2D eigenvalue weighted by atomic mass is 10.1. The van der Waals surface area contributed by atoms with Crippen LogP contribution < -0.4 is 10.1 Å². The van der Waals surface area contributed by atoms with Crippen molar-refractivity contribution in [2.24, 2.45) is 10.2 Å². The molecule has 0 aliphatic heterocycles. The average Bonchev–Trinajstić information content (AvgIpc) is 2.79. The molecular weight excluding hydrogens is 394 g/mol. The van der Waals surface area contributed by atoms with Crippen LogP contribution in [0, 0.1) is 0 Å². The molecule has 3 aromatic carbocycles. The minimum atomic E-state index is -0.476. The number of carbonyl (C=O) groups is 2. The highest BCUT2D eigenvalue weighted by Gasteiger charge is 2.09. The van der Waals surface area contributed by atoms with Crippen LogP contribution in [0.15, 0.2) is 89.1 Å². The molecule has 1 N–H and O–H groups in total. The first-order valence-corrected chi connectivity index (χ1v) is 9.86. The van der Waals surface area contributed by atoms with Crippen molar-refractivity contribution in [1.82, 2.24) is 0 Å². The quantitative estimate of drug-likeness (QED) is 0.382. The topological polar surface area (TPSA) is 89.3 Å². The molecular formula is C24H23N3O4. The molecule has 7 heteroatoms. The smallest absolute Gasteiger partial charge is 0.310 e. The predicted molar refractivity (Wildman–Crippen MR) is 118 cm³/mol. The number of nitrogens with zero attached hydrogens (tertiary/aromatic N) is 2. The minimum absolute atomic E-state index is 0.0841. The van der Waals surface area contributed by atoms with Gasteiger partial charge in [-0.25, -0.2) is 0 Å². The summed E-state index contributed by atoms with van der Waals surface area (Å²) in [4.78, 5) is 24.0. The van der Waals surface area contributed by atoms with Crippen molar-refractivity contribution >= 4 is 28.9 Å². The normalized spacial score (nSPS) is 10.6. The van der Waals surface area contributed by atoms with E-state index >= 15 is 0 Å². The number of hydrogen-bond acceptors (Lipinski definition) is 6. The van der Waals surface area contributed by atoms with Crippen LogP contribution in [-0.2, 0) is 20.7 Å². The molecule has 3 rings (SSSR count). The lowest BCUT2D eigenvalue weighted by molar-refractivity contribution is -0.146.